The molecule has 13 nitrogen and oxygen atoms in total. The van der Waals surface area contributed by atoms with E-state index in [1.165, 1.54) is 5.56 Å². The molecule has 0 saturated heterocycles. The first-order chi connectivity index (χ1) is 36.4. The van der Waals surface area contributed by atoms with Crippen LogP contribution in [0.15, 0.2) is 182 Å². The molecular weight excluding hydrogens is 923 g/mol. The third-order valence-electron chi connectivity index (χ3n) is 14.0. The molecular formula is C61H59N9O4. The first-order valence-corrected chi connectivity index (χ1v) is 25.4. The molecule has 0 fully saturated rings. The average molecular weight is 982 g/mol. The molecule has 0 saturated carbocycles. The predicted molar refractivity (Wildman–Crippen MR) is 286 cm³/mol. The van der Waals surface area contributed by atoms with Crippen LogP contribution in [0.4, 0.5) is 0 Å². The Balaban J connectivity index is 0.000000127. The van der Waals surface area contributed by atoms with Crippen molar-refractivity contribution >= 4 is 17.7 Å². The third kappa shape index (κ3) is 11.5. The van der Waals surface area contributed by atoms with Crippen LogP contribution in [0.25, 0.3) is 33.8 Å². The zero-order valence-corrected chi connectivity index (χ0v) is 41.2. The van der Waals surface area contributed by atoms with Crippen LogP contribution in [0.2, 0.25) is 0 Å². The zero-order chi connectivity index (χ0) is 50.6. The number of hydrogen-bond acceptors (Lipinski definition) is 7. The lowest BCUT2D eigenvalue weighted by atomic mass is 10.00. The van der Waals surface area contributed by atoms with Gasteiger partial charge in [0.1, 0.15) is 0 Å². The fourth-order valence-corrected chi connectivity index (χ4v) is 9.89. The number of carbonyl (C=O) groups is 3. The average Bonchev–Trinajstić information content (AvgIpc) is 4.23. The molecule has 9 aromatic rings. The molecule has 1 atom stereocenters. The highest BCUT2D eigenvalue weighted by Crippen LogP contribution is 2.32. The summed E-state index contributed by atoms with van der Waals surface area (Å²) >= 11 is 0. The summed E-state index contributed by atoms with van der Waals surface area (Å²) in [5, 5.41) is 33.2. The van der Waals surface area contributed by atoms with Crippen LogP contribution in [0, 0.1) is 0 Å². The number of aliphatic hydroxyl groups is 1. The molecule has 0 bridgehead atoms. The Bertz CT molecular complexity index is 3270. The maximum Gasteiger partial charge on any atom is 0.256 e. The Labute approximate surface area is 430 Å². The van der Waals surface area contributed by atoms with E-state index in [9.17, 15) is 19.5 Å². The highest BCUT2D eigenvalue weighted by molar-refractivity contribution is 5.83. The van der Waals surface area contributed by atoms with Crippen molar-refractivity contribution in [3.63, 3.8) is 0 Å². The van der Waals surface area contributed by atoms with Crippen molar-refractivity contribution in [2.75, 3.05) is 19.6 Å². The topological polar surface area (TPSA) is 167 Å². The van der Waals surface area contributed by atoms with Crippen LogP contribution >= 0.6 is 0 Å². The van der Waals surface area contributed by atoms with Crippen molar-refractivity contribution in [3.8, 4) is 33.8 Å². The number of fused-ring (bicyclic) bond motifs is 3. The molecule has 0 radical (unpaired) electrons. The molecule has 74 heavy (non-hydrogen) atoms. The molecule has 6 heterocycles. The van der Waals surface area contributed by atoms with Crippen LogP contribution in [-0.2, 0) is 66.1 Å². The molecule has 13 heteroatoms. The molecule has 12 rings (SSSR count). The summed E-state index contributed by atoms with van der Waals surface area (Å²) in [6.45, 7) is 3.81. The second-order valence-corrected chi connectivity index (χ2v) is 18.8. The number of rotatable bonds is 10. The zero-order valence-electron chi connectivity index (χ0n) is 41.2. The number of amides is 3. The van der Waals surface area contributed by atoms with Crippen molar-refractivity contribution in [3.05, 3.63) is 232 Å². The number of benzene rings is 6. The summed E-state index contributed by atoms with van der Waals surface area (Å²) < 4.78 is 0. The first-order valence-electron chi connectivity index (χ1n) is 25.4. The highest BCUT2D eigenvalue weighted by atomic mass is 16.3. The third-order valence-corrected chi connectivity index (χ3v) is 14.0. The fourth-order valence-electron chi connectivity index (χ4n) is 9.89. The minimum absolute atomic E-state index is 0.173. The standard InChI is InChI=1S/C21H21N3O.C20H19N3O2.C20H19N3O/c25-20(12-11-16-7-3-1-4-8-16)24-14-13-19-18(15-24)21(23-22-19)17-9-5-2-6-10-17;24-19(15-9-5-2-6-10-15)20(25)23-12-11-17-16(13-23)18(22-21-17)14-7-3-1-4-8-14;24-19(13-15-7-3-1-4-8-15)23-12-11-18-17(14-23)20(22-21-18)16-9-5-2-6-10-16/h1-10H,11-15H2,(H,22,23);1-10,19,24H,11-13H2,(H,21,22);1-10H,11-14H2,(H,21,22). The minimum atomic E-state index is -1.13. The van der Waals surface area contributed by atoms with Crippen LogP contribution in [0.1, 0.15) is 63.0 Å². The quantitative estimate of drug-likeness (QED) is 0.106. The Morgan fingerprint density at radius 2 is 0.797 bits per heavy atom. The highest BCUT2D eigenvalue weighted by Gasteiger charge is 2.31. The number of aryl methyl sites for hydroxylation is 1. The van der Waals surface area contributed by atoms with Crippen molar-refractivity contribution in [1.82, 2.24) is 45.3 Å². The van der Waals surface area contributed by atoms with Gasteiger partial charge in [0.05, 0.1) is 23.5 Å². The Kier molecular flexibility index (Phi) is 15.4. The van der Waals surface area contributed by atoms with Gasteiger partial charge in [-0.2, -0.15) is 15.3 Å². The number of nitrogens with one attached hydrogen (secondary N) is 3. The van der Waals surface area contributed by atoms with E-state index in [0.717, 1.165) is 105 Å². The molecule has 4 N–H and O–H groups in total. The van der Waals surface area contributed by atoms with Crippen LogP contribution in [0.3, 0.4) is 0 Å². The van der Waals surface area contributed by atoms with Gasteiger partial charge in [0.15, 0.2) is 6.10 Å². The van der Waals surface area contributed by atoms with Crippen molar-refractivity contribution in [2.24, 2.45) is 0 Å². The summed E-state index contributed by atoms with van der Waals surface area (Å²) in [4.78, 5) is 43.6. The van der Waals surface area contributed by atoms with E-state index in [0.29, 0.717) is 51.0 Å². The van der Waals surface area contributed by atoms with Gasteiger partial charge in [-0.25, -0.2) is 0 Å². The van der Waals surface area contributed by atoms with Gasteiger partial charge in [-0.05, 0) is 23.1 Å². The number of H-pyrrole nitrogens is 3. The van der Waals surface area contributed by atoms with Gasteiger partial charge in [-0.3, -0.25) is 29.7 Å². The van der Waals surface area contributed by atoms with Gasteiger partial charge in [0, 0.05) is 115 Å². The van der Waals surface area contributed by atoms with Gasteiger partial charge >= 0.3 is 0 Å². The summed E-state index contributed by atoms with van der Waals surface area (Å²) in [5.41, 5.74) is 15.6. The lowest BCUT2D eigenvalue weighted by molar-refractivity contribution is -0.141. The smallest absolute Gasteiger partial charge is 0.256 e. The first kappa shape index (κ1) is 48.9. The van der Waals surface area contributed by atoms with Crippen molar-refractivity contribution < 1.29 is 19.5 Å². The lowest BCUT2D eigenvalue weighted by Gasteiger charge is -2.29. The second kappa shape index (κ2) is 23.2. The number of hydrogen-bond donors (Lipinski definition) is 4. The van der Waals surface area contributed by atoms with Gasteiger partial charge in [0.25, 0.3) is 5.91 Å². The Morgan fingerprint density at radius 1 is 0.446 bits per heavy atom. The fraction of sp³-hybridized carbons (Fsp3) is 0.213. The van der Waals surface area contributed by atoms with Crippen LogP contribution in [0.5, 0.6) is 0 Å². The molecule has 6 aromatic carbocycles. The Hall–Kier alpha value is -8.68. The summed E-state index contributed by atoms with van der Waals surface area (Å²) in [5.74, 6) is 0.124. The normalized spacial score (nSPS) is 14.0. The maximum atomic E-state index is 12.7. The van der Waals surface area contributed by atoms with Crippen molar-refractivity contribution in [2.45, 2.75) is 64.3 Å². The van der Waals surface area contributed by atoms with Gasteiger partial charge in [-0.15, -0.1) is 0 Å². The molecule has 0 spiro atoms. The monoisotopic (exact) mass is 981 g/mol. The summed E-state index contributed by atoms with van der Waals surface area (Å²) in [6, 6.07) is 59.4. The molecule has 0 aliphatic carbocycles. The van der Waals surface area contributed by atoms with Gasteiger partial charge in [-0.1, -0.05) is 182 Å². The molecule has 372 valence electrons. The van der Waals surface area contributed by atoms with E-state index in [1.54, 1.807) is 17.0 Å². The summed E-state index contributed by atoms with van der Waals surface area (Å²) in [7, 11) is 0. The van der Waals surface area contributed by atoms with E-state index in [-0.39, 0.29) is 17.7 Å². The molecule has 3 aromatic heterocycles. The minimum Gasteiger partial charge on any atom is -0.378 e. The Morgan fingerprint density at radius 3 is 1.23 bits per heavy atom. The molecule has 3 aliphatic heterocycles. The van der Waals surface area contributed by atoms with E-state index in [1.807, 2.05) is 143 Å². The van der Waals surface area contributed by atoms with Gasteiger partial charge < -0.3 is 19.8 Å². The summed E-state index contributed by atoms with van der Waals surface area (Å²) in [6.07, 6.45) is 3.05. The lowest BCUT2D eigenvalue weighted by Crippen LogP contribution is -2.39. The maximum absolute atomic E-state index is 12.7. The number of aromatic amines is 3. The number of aromatic nitrogens is 6. The van der Waals surface area contributed by atoms with Crippen molar-refractivity contribution in [1.29, 1.82) is 0 Å². The van der Waals surface area contributed by atoms with E-state index >= 15 is 0 Å². The molecule has 1 unspecified atom stereocenters. The number of aliphatic hydroxyl groups excluding tert-OH is 1. The van der Waals surface area contributed by atoms with E-state index in [2.05, 4.69) is 67.0 Å². The van der Waals surface area contributed by atoms with E-state index in [4.69, 9.17) is 0 Å². The molecule has 3 amide bonds. The number of carbonyl (C=O) groups excluding carboxylic acids is 3. The van der Waals surface area contributed by atoms with E-state index < -0.39 is 6.10 Å². The molecule has 3 aliphatic rings. The number of nitrogens with zero attached hydrogens (tertiary/aromatic N) is 6. The largest absolute Gasteiger partial charge is 0.378 e. The van der Waals surface area contributed by atoms with Crippen LogP contribution in [-0.4, -0.2) is 87.8 Å². The second-order valence-electron chi connectivity index (χ2n) is 18.8. The van der Waals surface area contributed by atoms with Gasteiger partial charge in [0.2, 0.25) is 11.8 Å². The predicted octanol–water partition coefficient (Wildman–Crippen LogP) is 9.49. The van der Waals surface area contributed by atoms with Crippen LogP contribution < -0.4 is 0 Å². The SMILES string of the molecule is O=C(C(O)c1ccccc1)N1CCc2[nH]nc(-c3ccccc3)c2C1.O=C(CCc1ccccc1)N1CCc2[nH]nc(-c3ccccc3)c2C1.O=C(Cc1ccccc1)N1CCc2[nH]nc(-c3ccccc3)c2C1.